The SMILES string of the molecule is Cc1ccc(SNC(=O)Nc2ccnn2-c2ccc(C)cc2)cc1. The van der Waals surface area contributed by atoms with Crippen molar-refractivity contribution >= 4 is 23.8 Å². The van der Waals surface area contributed by atoms with E-state index in [0.29, 0.717) is 5.82 Å². The molecule has 0 bridgehead atoms. The first kappa shape index (κ1) is 16.1. The molecule has 0 spiro atoms. The van der Waals surface area contributed by atoms with Crippen molar-refractivity contribution in [3.63, 3.8) is 0 Å². The molecule has 5 nitrogen and oxygen atoms in total. The standard InChI is InChI=1S/C18H18N4OS/c1-13-3-7-15(8-4-13)22-17(11-12-19-22)20-18(23)21-24-16-9-5-14(2)6-10-16/h3-12H,1-2H3,(H2,20,21,23). The summed E-state index contributed by atoms with van der Waals surface area (Å²) < 4.78 is 4.46. The molecule has 1 aromatic heterocycles. The Balaban J connectivity index is 1.64. The van der Waals surface area contributed by atoms with Crippen LogP contribution in [0.2, 0.25) is 0 Å². The van der Waals surface area contributed by atoms with Gasteiger partial charge in [-0.25, -0.2) is 9.48 Å². The van der Waals surface area contributed by atoms with Gasteiger partial charge in [0.05, 0.1) is 11.9 Å². The van der Waals surface area contributed by atoms with Gasteiger partial charge in [-0.15, -0.1) is 0 Å². The number of urea groups is 1. The maximum atomic E-state index is 12.1. The van der Waals surface area contributed by atoms with Crippen molar-refractivity contribution in [1.82, 2.24) is 14.5 Å². The summed E-state index contributed by atoms with van der Waals surface area (Å²) in [7, 11) is 0. The fraction of sp³-hybridized carbons (Fsp3) is 0.111. The highest BCUT2D eigenvalue weighted by atomic mass is 32.2. The molecule has 0 fully saturated rings. The monoisotopic (exact) mass is 338 g/mol. The number of aryl methyl sites for hydroxylation is 2. The Bertz CT molecular complexity index is 825. The smallest absolute Gasteiger partial charge is 0.292 e. The van der Waals surface area contributed by atoms with Gasteiger partial charge in [-0.3, -0.25) is 10.0 Å². The lowest BCUT2D eigenvalue weighted by Crippen LogP contribution is -2.24. The first-order valence-corrected chi connectivity index (χ1v) is 8.35. The fourth-order valence-electron chi connectivity index (χ4n) is 2.14. The van der Waals surface area contributed by atoms with E-state index in [1.54, 1.807) is 16.9 Å². The van der Waals surface area contributed by atoms with E-state index in [0.717, 1.165) is 10.6 Å². The highest BCUT2D eigenvalue weighted by Crippen LogP contribution is 2.17. The molecular formula is C18H18N4OS. The van der Waals surface area contributed by atoms with Gasteiger partial charge in [0.25, 0.3) is 0 Å². The van der Waals surface area contributed by atoms with Gasteiger partial charge in [0.15, 0.2) is 0 Å². The minimum Gasteiger partial charge on any atom is -0.292 e. The quantitative estimate of drug-likeness (QED) is 0.697. The summed E-state index contributed by atoms with van der Waals surface area (Å²) in [5.74, 6) is 0.612. The number of hydrogen-bond acceptors (Lipinski definition) is 3. The van der Waals surface area contributed by atoms with E-state index in [-0.39, 0.29) is 6.03 Å². The van der Waals surface area contributed by atoms with Crippen LogP contribution >= 0.6 is 11.9 Å². The van der Waals surface area contributed by atoms with E-state index in [4.69, 9.17) is 0 Å². The zero-order valence-electron chi connectivity index (χ0n) is 13.5. The van der Waals surface area contributed by atoms with Gasteiger partial charge >= 0.3 is 6.03 Å². The van der Waals surface area contributed by atoms with Gasteiger partial charge in [0.1, 0.15) is 5.82 Å². The van der Waals surface area contributed by atoms with Crippen molar-refractivity contribution in [2.45, 2.75) is 18.7 Å². The average Bonchev–Trinajstić information content (AvgIpc) is 3.03. The summed E-state index contributed by atoms with van der Waals surface area (Å²) in [6.45, 7) is 4.06. The molecule has 0 aliphatic heterocycles. The van der Waals surface area contributed by atoms with Crippen molar-refractivity contribution in [2.75, 3.05) is 5.32 Å². The van der Waals surface area contributed by atoms with Gasteiger partial charge in [-0.2, -0.15) is 5.10 Å². The van der Waals surface area contributed by atoms with E-state index in [1.807, 2.05) is 62.4 Å². The van der Waals surface area contributed by atoms with Gasteiger partial charge in [-0.1, -0.05) is 35.4 Å². The maximum Gasteiger partial charge on any atom is 0.330 e. The van der Waals surface area contributed by atoms with Crippen LogP contribution in [-0.2, 0) is 0 Å². The number of carbonyl (C=O) groups is 1. The molecule has 2 amide bonds. The molecule has 24 heavy (non-hydrogen) atoms. The van der Waals surface area contributed by atoms with E-state index in [2.05, 4.69) is 15.1 Å². The van der Waals surface area contributed by atoms with Gasteiger partial charge in [0.2, 0.25) is 0 Å². The Labute approximate surface area is 145 Å². The Morgan fingerprint density at radius 1 is 0.958 bits per heavy atom. The summed E-state index contributed by atoms with van der Waals surface area (Å²) in [5, 5.41) is 7.08. The second-order valence-corrected chi connectivity index (χ2v) is 6.31. The van der Waals surface area contributed by atoms with Crippen molar-refractivity contribution < 1.29 is 4.79 Å². The van der Waals surface area contributed by atoms with Crippen molar-refractivity contribution in [2.24, 2.45) is 0 Å². The Kier molecular flexibility index (Phi) is 4.86. The van der Waals surface area contributed by atoms with Crippen LogP contribution in [0, 0.1) is 13.8 Å². The third-order valence-electron chi connectivity index (χ3n) is 3.45. The lowest BCUT2D eigenvalue weighted by atomic mass is 10.2. The minimum absolute atomic E-state index is 0.297. The van der Waals surface area contributed by atoms with E-state index >= 15 is 0 Å². The predicted octanol–water partition coefficient (Wildman–Crippen LogP) is 4.32. The summed E-state index contributed by atoms with van der Waals surface area (Å²) in [6, 6.07) is 17.4. The molecule has 0 aliphatic carbocycles. The number of anilines is 1. The molecule has 0 unspecified atom stereocenters. The molecule has 122 valence electrons. The van der Waals surface area contributed by atoms with E-state index in [9.17, 15) is 4.79 Å². The predicted molar refractivity (Wildman–Crippen MR) is 97.5 cm³/mol. The highest BCUT2D eigenvalue weighted by Gasteiger charge is 2.09. The molecular weight excluding hydrogens is 320 g/mol. The van der Waals surface area contributed by atoms with E-state index < -0.39 is 0 Å². The molecule has 0 aliphatic rings. The molecule has 0 saturated carbocycles. The zero-order chi connectivity index (χ0) is 16.9. The highest BCUT2D eigenvalue weighted by molar-refractivity contribution is 7.98. The Morgan fingerprint density at radius 3 is 2.25 bits per heavy atom. The normalized spacial score (nSPS) is 10.4. The molecule has 2 N–H and O–H groups in total. The number of benzene rings is 2. The summed E-state index contributed by atoms with van der Waals surface area (Å²) >= 11 is 1.27. The van der Waals surface area contributed by atoms with Crippen molar-refractivity contribution in [1.29, 1.82) is 0 Å². The van der Waals surface area contributed by atoms with Crippen LogP contribution < -0.4 is 10.0 Å². The fourth-order valence-corrected chi connectivity index (χ4v) is 2.68. The Hall–Kier alpha value is -2.73. The number of nitrogens with zero attached hydrogens (tertiary/aromatic N) is 2. The summed E-state index contributed by atoms with van der Waals surface area (Å²) in [5.41, 5.74) is 3.26. The van der Waals surface area contributed by atoms with Crippen molar-refractivity contribution in [3.05, 3.63) is 71.9 Å². The second kappa shape index (κ2) is 7.23. The summed E-state index contributed by atoms with van der Waals surface area (Å²) in [4.78, 5) is 13.1. The first-order valence-electron chi connectivity index (χ1n) is 7.53. The van der Waals surface area contributed by atoms with Crippen LogP contribution in [0.1, 0.15) is 11.1 Å². The van der Waals surface area contributed by atoms with Gasteiger partial charge < -0.3 is 0 Å². The first-order chi connectivity index (χ1) is 11.6. The third-order valence-corrected chi connectivity index (χ3v) is 4.24. The maximum absolute atomic E-state index is 12.1. The topological polar surface area (TPSA) is 59.0 Å². The Morgan fingerprint density at radius 2 is 1.58 bits per heavy atom. The summed E-state index contributed by atoms with van der Waals surface area (Å²) in [6.07, 6.45) is 1.66. The molecule has 0 saturated heterocycles. The lowest BCUT2D eigenvalue weighted by molar-refractivity contribution is 0.257. The number of nitrogens with one attached hydrogen (secondary N) is 2. The molecule has 0 radical (unpaired) electrons. The third kappa shape index (κ3) is 3.97. The second-order valence-electron chi connectivity index (χ2n) is 5.44. The van der Waals surface area contributed by atoms with E-state index in [1.165, 1.54) is 23.1 Å². The molecule has 3 aromatic rings. The van der Waals surface area contributed by atoms with Crippen LogP contribution in [-0.4, -0.2) is 15.8 Å². The number of hydrogen-bond donors (Lipinski definition) is 2. The van der Waals surface area contributed by atoms with Crippen LogP contribution in [0.25, 0.3) is 5.69 Å². The van der Waals surface area contributed by atoms with Gasteiger partial charge in [-0.05, 0) is 50.1 Å². The van der Waals surface area contributed by atoms with Crippen LogP contribution in [0.15, 0.2) is 65.7 Å². The molecule has 2 aromatic carbocycles. The molecule has 3 rings (SSSR count). The van der Waals surface area contributed by atoms with Gasteiger partial charge in [0, 0.05) is 11.0 Å². The molecule has 1 heterocycles. The van der Waals surface area contributed by atoms with Crippen LogP contribution in [0.4, 0.5) is 10.6 Å². The number of rotatable bonds is 4. The molecule has 0 atom stereocenters. The zero-order valence-corrected chi connectivity index (χ0v) is 14.3. The van der Waals surface area contributed by atoms with Crippen molar-refractivity contribution in [3.8, 4) is 5.69 Å². The molecule has 6 heteroatoms. The number of carbonyl (C=O) groups excluding carboxylic acids is 1. The number of aromatic nitrogens is 2. The number of amides is 2. The average molecular weight is 338 g/mol. The minimum atomic E-state index is -0.297. The van der Waals surface area contributed by atoms with Crippen LogP contribution in [0.3, 0.4) is 0 Å². The lowest BCUT2D eigenvalue weighted by Gasteiger charge is -2.10. The largest absolute Gasteiger partial charge is 0.330 e. The van der Waals surface area contributed by atoms with Crippen LogP contribution in [0.5, 0.6) is 0 Å².